The molecule has 1 aromatic heterocycles. The van der Waals surface area contributed by atoms with Gasteiger partial charge >= 0.3 is 0 Å². The van der Waals surface area contributed by atoms with E-state index in [2.05, 4.69) is 17.1 Å². The highest BCUT2D eigenvalue weighted by Gasteiger charge is 2.07. The van der Waals surface area contributed by atoms with Crippen LogP contribution < -0.4 is 5.73 Å². The van der Waals surface area contributed by atoms with E-state index in [0.29, 0.717) is 31.3 Å². The largest absolute Gasteiger partial charge is 0.399 e. The highest BCUT2D eigenvalue weighted by Crippen LogP contribution is 2.13. The number of nitrogens with zero attached hydrogens (tertiary/aromatic N) is 2. The molecule has 0 atom stereocenters. The van der Waals surface area contributed by atoms with Crippen molar-refractivity contribution in [1.29, 1.82) is 0 Å². The van der Waals surface area contributed by atoms with Crippen LogP contribution in [0.4, 0.5) is 5.69 Å². The van der Waals surface area contributed by atoms with E-state index < -0.39 is 0 Å². The SMILES string of the molecule is CCCOCc1noc(CCc2ccccc2N)n1. The van der Waals surface area contributed by atoms with Crippen LogP contribution in [-0.4, -0.2) is 16.7 Å². The van der Waals surface area contributed by atoms with Crippen molar-refractivity contribution in [2.45, 2.75) is 32.8 Å². The fourth-order valence-corrected chi connectivity index (χ4v) is 1.76. The Labute approximate surface area is 112 Å². The fraction of sp³-hybridized carbons (Fsp3) is 0.429. The van der Waals surface area contributed by atoms with E-state index in [4.69, 9.17) is 15.0 Å². The van der Waals surface area contributed by atoms with Gasteiger partial charge in [-0.15, -0.1) is 0 Å². The standard InChI is InChI=1S/C14H19N3O2/c1-2-9-18-10-13-16-14(19-17-13)8-7-11-5-3-4-6-12(11)15/h3-6H,2,7-10,15H2,1H3. The van der Waals surface area contributed by atoms with Crippen molar-refractivity contribution in [3.05, 3.63) is 41.5 Å². The lowest BCUT2D eigenvalue weighted by Gasteiger charge is -2.02. The summed E-state index contributed by atoms with van der Waals surface area (Å²) in [6.07, 6.45) is 2.47. The summed E-state index contributed by atoms with van der Waals surface area (Å²) in [7, 11) is 0. The van der Waals surface area contributed by atoms with Crippen molar-refractivity contribution in [1.82, 2.24) is 10.1 Å². The first-order chi connectivity index (χ1) is 9.29. The highest BCUT2D eigenvalue weighted by atomic mass is 16.5. The van der Waals surface area contributed by atoms with E-state index in [1.807, 2.05) is 24.3 Å². The van der Waals surface area contributed by atoms with Crippen LogP contribution in [0.5, 0.6) is 0 Å². The highest BCUT2D eigenvalue weighted by molar-refractivity contribution is 5.46. The van der Waals surface area contributed by atoms with E-state index in [1.165, 1.54) is 0 Å². The minimum Gasteiger partial charge on any atom is -0.399 e. The predicted octanol–water partition coefficient (Wildman–Crippen LogP) is 2.36. The van der Waals surface area contributed by atoms with Gasteiger partial charge in [0.25, 0.3) is 0 Å². The number of nitrogen functional groups attached to an aromatic ring is 1. The molecule has 0 saturated heterocycles. The van der Waals surface area contributed by atoms with E-state index >= 15 is 0 Å². The van der Waals surface area contributed by atoms with E-state index in [0.717, 1.165) is 24.1 Å². The van der Waals surface area contributed by atoms with Crippen LogP contribution in [0.3, 0.4) is 0 Å². The first-order valence-corrected chi connectivity index (χ1v) is 6.52. The van der Waals surface area contributed by atoms with Crippen LogP contribution >= 0.6 is 0 Å². The predicted molar refractivity (Wildman–Crippen MR) is 72.5 cm³/mol. The van der Waals surface area contributed by atoms with Crippen molar-refractivity contribution >= 4 is 5.69 Å². The van der Waals surface area contributed by atoms with Crippen LogP contribution in [0.1, 0.15) is 30.6 Å². The first-order valence-electron chi connectivity index (χ1n) is 6.52. The number of aryl methyl sites for hydroxylation is 2. The second-order valence-electron chi connectivity index (χ2n) is 4.36. The van der Waals surface area contributed by atoms with Crippen LogP contribution in [0.15, 0.2) is 28.8 Å². The zero-order valence-electron chi connectivity index (χ0n) is 11.1. The third kappa shape index (κ3) is 4.06. The number of aromatic nitrogens is 2. The number of hydrogen-bond donors (Lipinski definition) is 1. The Morgan fingerprint density at radius 1 is 1.26 bits per heavy atom. The molecular formula is C14H19N3O2. The Kier molecular flexibility index (Phi) is 4.92. The third-order valence-electron chi connectivity index (χ3n) is 2.75. The zero-order valence-corrected chi connectivity index (χ0v) is 11.1. The number of para-hydroxylation sites is 1. The molecule has 2 rings (SSSR count). The molecule has 0 unspecified atom stereocenters. The minimum atomic E-state index is 0.408. The average molecular weight is 261 g/mol. The van der Waals surface area contributed by atoms with Gasteiger partial charge in [0.15, 0.2) is 5.82 Å². The molecule has 0 saturated carbocycles. The van der Waals surface area contributed by atoms with Crippen molar-refractivity contribution < 1.29 is 9.26 Å². The molecule has 0 spiro atoms. The normalized spacial score (nSPS) is 10.8. The summed E-state index contributed by atoms with van der Waals surface area (Å²) in [5.74, 6) is 1.22. The van der Waals surface area contributed by atoms with Gasteiger partial charge in [0.05, 0.1) is 0 Å². The van der Waals surface area contributed by atoms with Crippen LogP contribution in [0.2, 0.25) is 0 Å². The number of anilines is 1. The smallest absolute Gasteiger partial charge is 0.227 e. The summed E-state index contributed by atoms with van der Waals surface area (Å²) in [6.45, 7) is 3.18. The molecule has 2 N–H and O–H groups in total. The molecule has 0 radical (unpaired) electrons. The van der Waals surface area contributed by atoms with Gasteiger partial charge in [-0.2, -0.15) is 4.98 Å². The van der Waals surface area contributed by atoms with Gasteiger partial charge in [-0.1, -0.05) is 30.3 Å². The molecule has 0 amide bonds. The molecular weight excluding hydrogens is 242 g/mol. The van der Waals surface area contributed by atoms with Gasteiger partial charge < -0.3 is 15.0 Å². The van der Waals surface area contributed by atoms with Gasteiger partial charge in [0, 0.05) is 18.7 Å². The Morgan fingerprint density at radius 3 is 2.89 bits per heavy atom. The Morgan fingerprint density at radius 2 is 2.11 bits per heavy atom. The molecule has 1 aromatic carbocycles. The summed E-state index contributed by atoms with van der Waals surface area (Å²) in [4.78, 5) is 4.28. The Hall–Kier alpha value is -1.88. The Bertz CT molecular complexity index is 511. The van der Waals surface area contributed by atoms with Crippen molar-refractivity contribution in [3.8, 4) is 0 Å². The number of ether oxygens (including phenoxy) is 1. The maximum atomic E-state index is 5.88. The number of nitrogens with two attached hydrogens (primary N) is 1. The van der Waals surface area contributed by atoms with Gasteiger partial charge in [-0.3, -0.25) is 0 Å². The number of benzene rings is 1. The molecule has 0 aliphatic heterocycles. The number of rotatable bonds is 7. The van der Waals surface area contributed by atoms with Gasteiger partial charge in [0.2, 0.25) is 5.89 Å². The molecule has 0 aliphatic rings. The van der Waals surface area contributed by atoms with E-state index in [1.54, 1.807) is 0 Å². The molecule has 1 heterocycles. The van der Waals surface area contributed by atoms with Crippen molar-refractivity contribution in [3.63, 3.8) is 0 Å². The summed E-state index contributed by atoms with van der Waals surface area (Å²) >= 11 is 0. The lowest BCUT2D eigenvalue weighted by Crippen LogP contribution is -1.98. The van der Waals surface area contributed by atoms with Crippen molar-refractivity contribution in [2.24, 2.45) is 0 Å². The van der Waals surface area contributed by atoms with Crippen LogP contribution in [0, 0.1) is 0 Å². The average Bonchev–Trinajstić information content (AvgIpc) is 2.86. The molecule has 0 aliphatic carbocycles. The second-order valence-corrected chi connectivity index (χ2v) is 4.36. The topological polar surface area (TPSA) is 74.2 Å². The van der Waals surface area contributed by atoms with Crippen LogP contribution in [0.25, 0.3) is 0 Å². The zero-order chi connectivity index (χ0) is 13.5. The van der Waals surface area contributed by atoms with Gasteiger partial charge in [0.1, 0.15) is 6.61 Å². The fourth-order valence-electron chi connectivity index (χ4n) is 1.76. The van der Waals surface area contributed by atoms with Crippen molar-refractivity contribution in [2.75, 3.05) is 12.3 Å². The Balaban J connectivity index is 1.85. The maximum Gasteiger partial charge on any atom is 0.227 e. The second kappa shape index (κ2) is 6.89. The minimum absolute atomic E-state index is 0.408. The lowest BCUT2D eigenvalue weighted by atomic mass is 10.1. The summed E-state index contributed by atoms with van der Waals surface area (Å²) in [5, 5.41) is 3.88. The van der Waals surface area contributed by atoms with E-state index in [9.17, 15) is 0 Å². The monoisotopic (exact) mass is 261 g/mol. The molecule has 5 heteroatoms. The van der Waals surface area contributed by atoms with Crippen LogP contribution in [-0.2, 0) is 24.2 Å². The van der Waals surface area contributed by atoms with Gasteiger partial charge in [-0.25, -0.2) is 0 Å². The third-order valence-corrected chi connectivity index (χ3v) is 2.75. The quantitative estimate of drug-likeness (QED) is 0.611. The number of hydrogen-bond acceptors (Lipinski definition) is 5. The molecule has 5 nitrogen and oxygen atoms in total. The summed E-state index contributed by atoms with van der Waals surface area (Å²) < 4.78 is 10.5. The summed E-state index contributed by atoms with van der Waals surface area (Å²) in [5.41, 5.74) is 7.79. The lowest BCUT2D eigenvalue weighted by molar-refractivity contribution is 0.114. The molecule has 19 heavy (non-hydrogen) atoms. The molecule has 2 aromatic rings. The molecule has 102 valence electrons. The first kappa shape index (κ1) is 13.5. The molecule has 0 fully saturated rings. The molecule has 0 bridgehead atoms. The summed E-state index contributed by atoms with van der Waals surface area (Å²) in [6, 6.07) is 7.81. The van der Waals surface area contributed by atoms with Gasteiger partial charge in [-0.05, 0) is 24.5 Å². The maximum absolute atomic E-state index is 5.88. The van der Waals surface area contributed by atoms with E-state index in [-0.39, 0.29) is 0 Å².